The number of benzene rings is 1. The molecule has 1 heterocycles. The van der Waals surface area contributed by atoms with Gasteiger partial charge in [-0.2, -0.15) is 0 Å². The van der Waals surface area contributed by atoms with E-state index in [1.807, 2.05) is 0 Å². The van der Waals surface area contributed by atoms with Gasteiger partial charge in [0.1, 0.15) is 11.6 Å². The number of aromatic hydroxyl groups is 1. The summed E-state index contributed by atoms with van der Waals surface area (Å²) in [5, 5.41) is 11.8. The summed E-state index contributed by atoms with van der Waals surface area (Å²) in [6.45, 7) is 2.07. The SMILES string of the molecule is O=C(NCC[C@@H]1CCCOC1)c1ccc(O)cc1F. The van der Waals surface area contributed by atoms with Crippen LogP contribution >= 0.6 is 0 Å². The molecule has 0 aromatic heterocycles. The van der Waals surface area contributed by atoms with Crippen molar-refractivity contribution in [3.8, 4) is 5.75 Å². The molecule has 0 bridgehead atoms. The van der Waals surface area contributed by atoms with Gasteiger partial charge in [-0.05, 0) is 37.3 Å². The fraction of sp³-hybridized carbons (Fsp3) is 0.500. The van der Waals surface area contributed by atoms with Crippen molar-refractivity contribution in [1.82, 2.24) is 5.32 Å². The second-order valence-electron chi connectivity index (χ2n) is 4.79. The molecule has 104 valence electrons. The van der Waals surface area contributed by atoms with Crippen molar-refractivity contribution in [1.29, 1.82) is 0 Å². The van der Waals surface area contributed by atoms with Gasteiger partial charge >= 0.3 is 0 Å². The highest BCUT2D eigenvalue weighted by atomic mass is 19.1. The Kier molecular flexibility index (Phi) is 4.74. The van der Waals surface area contributed by atoms with Crippen molar-refractivity contribution in [3.05, 3.63) is 29.6 Å². The molecule has 1 fully saturated rings. The lowest BCUT2D eigenvalue weighted by atomic mass is 9.99. The largest absolute Gasteiger partial charge is 0.508 e. The van der Waals surface area contributed by atoms with Crippen LogP contribution in [0.15, 0.2) is 18.2 Å². The molecule has 0 unspecified atom stereocenters. The van der Waals surface area contributed by atoms with Crippen molar-refractivity contribution in [2.75, 3.05) is 19.8 Å². The van der Waals surface area contributed by atoms with E-state index >= 15 is 0 Å². The Bertz CT molecular complexity index is 444. The number of hydrogen-bond acceptors (Lipinski definition) is 3. The summed E-state index contributed by atoms with van der Waals surface area (Å²) >= 11 is 0. The van der Waals surface area contributed by atoms with Crippen LogP contribution in [0.5, 0.6) is 5.75 Å². The minimum absolute atomic E-state index is 0.0438. The van der Waals surface area contributed by atoms with Gasteiger partial charge in [-0.25, -0.2) is 4.39 Å². The zero-order chi connectivity index (χ0) is 13.7. The van der Waals surface area contributed by atoms with Crippen LogP contribution in [-0.4, -0.2) is 30.8 Å². The molecule has 1 aliphatic rings. The lowest BCUT2D eigenvalue weighted by Crippen LogP contribution is -2.28. The van der Waals surface area contributed by atoms with Gasteiger partial charge in [-0.3, -0.25) is 4.79 Å². The van der Waals surface area contributed by atoms with E-state index in [9.17, 15) is 9.18 Å². The van der Waals surface area contributed by atoms with Crippen LogP contribution in [0.25, 0.3) is 0 Å². The van der Waals surface area contributed by atoms with Gasteiger partial charge in [-0.15, -0.1) is 0 Å². The first-order valence-corrected chi connectivity index (χ1v) is 6.51. The lowest BCUT2D eigenvalue weighted by molar-refractivity contribution is 0.0514. The van der Waals surface area contributed by atoms with Crippen LogP contribution in [0.1, 0.15) is 29.6 Å². The first-order valence-electron chi connectivity index (χ1n) is 6.51. The van der Waals surface area contributed by atoms with E-state index in [4.69, 9.17) is 9.84 Å². The van der Waals surface area contributed by atoms with E-state index in [0.717, 1.165) is 38.5 Å². The predicted molar refractivity (Wildman–Crippen MR) is 68.6 cm³/mol. The standard InChI is InChI=1S/C14H18FNO3/c15-13-8-11(17)3-4-12(13)14(18)16-6-5-10-2-1-7-19-9-10/h3-4,8,10,17H,1-2,5-7,9H2,(H,16,18)/t10-/m0/s1. The van der Waals surface area contributed by atoms with Crippen molar-refractivity contribution < 1.29 is 19.0 Å². The van der Waals surface area contributed by atoms with Crippen LogP contribution in [0.2, 0.25) is 0 Å². The quantitative estimate of drug-likeness (QED) is 0.878. The zero-order valence-corrected chi connectivity index (χ0v) is 10.7. The molecule has 1 saturated heterocycles. The van der Waals surface area contributed by atoms with E-state index in [1.165, 1.54) is 12.1 Å². The van der Waals surface area contributed by atoms with Gasteiger partial charge in [0.05, 0.1) is 5.56 Å². The molecule has 0 aliphatic carbocycles. The molecule has 19 heavy (non-hydrogen) atoms. The molecule has 2 rings (SSSR count). The molecule has 0 spiro atoms. The molecule has 1 atom stereocenters. The lowest BCUT2D eigenvalue weighted by Gasteiger charge is -2.21. The number of carbonyl (C=O) groups excluding carboxylic acids is 1. The van der Waals surface area contributed by atoms with E-state index in [2.05, 4.69) is 5.32 Å². The molecular weight excluding hydrogens is 249 g/mol. The van der Waals surface area contributed by atoms with Crippen LogP contribution in [0.3, 0.4) is 0 Å². The van der Waals surface area contributed by atoms with Crippen molar-refractivity contribution in [3.63, 3.8) is 0 Å². The smallest absolute Gasteiger partial charge is 0.254 e. The Morgan fingerprint density at radius 2 is 2.37 bits per heavy atom. The third-order valence-corrected chi connectivity index (χ3v) is 3.29. The van der Waals surface area contributed by atoms with Crippen LogP contribution in [0.4, 0.5) is 4.39 Å². The average molecular weight is 267 g/mol. The van der Waals surface area contributed by atoms with Gasteiger partial charge < -0.3 is 15.2 Å². The highest BCUT2D eigenvalue weighted by molar-refractivity contribution is 5.94. The number of rotatable bonds is 4. The Morgan fingerprint density at radius 3 is 3.05 bits per heavy atom. The number of carbonyl (C=O) groups is 1. The number of hydrogen-bond donors (Lipinski definition) is 2. The molecule has 1 aromatic carbocycles. The molecule has 4 nitrogen and oxygen atoms in total. The van der Waals surface area contributed by atoms with Gasteiger partial charge in [0.15, 0.2) is 0 Å². The third-order valence-electron chi connectivity index (χ3n) is 3.29. The molecule has 5 heteroatoms. The second-order valence-corrected chi connectivity index (χ2v) is 4.79. The average Bonchev–Trinajstić information content (AvgIpc) is 2.39. The number of phenolic OH excluding ortho intramolecular Hbond substituents is 1. The Hall–Kier alpha value is -1.62. The molecular formula is C14H18FNO3. The predicted octanol–water partition coefficient (Wildman–Crippen LogP) is 2.08. The van der Waals surface area contributed by atoms with Crippen LogP contribution in [0, 0.1) is 11.7 Å². The van der Waals surface area contributed by atoms with Gasteiger partial charge in [0, 0.05) is 25.8 Å². The molecule has 0 saturated carbocycles. The van der Waals surface area contributed by atoms with E-state index in [-0.39, 0.29) is 11.3 Å². The highest BCUT2D eigenvalue weighted by Gasteiger charge is 2.15. The fourth-order valence-corrected chi connectivity index (χ4v) is 2.21. The summed E-state index contributed by atoms with van der Waals surface area (Å²) in [5.41, 5.74) is -0.0438. The fourth-order valence-electron chi connectivity index (χ4n) is 2.21. The van der Waals surface area contributed by atoms with Crippen molar-refractivity contribution in [2.45, 2.75) is 19.3 Å². The Morgan fingerprint density at radius 1 is 1.53 bits per heavy atom. The second kappa shape index (κ2) is 6.52. The number of ether oxygens (including phenoxy) is 1. The normalized spacial score (nSPS) is 19.1. The van der Waals surface area contributed by atoms with E-state index in [1.54, 1.807) is 0 Å². The van der Waals surface area contributed by atoms with Crippen LogP contribution < -0.4 is 5.32 Å². The van der Waals surface area contributed by atoms with Crippen molar-refractivity contribution in [2.24, 2.45) is 5.92 Å². The first kappa shape index (κ1) is 13.8. The molecule has 1 aromatic rings. The maximum atomic E-state index is 13.4. The number of halogens is 1. The summed E-state index contributed by atoms with van der Waals surface area (Å²) in [5.74, 6) is -0.875. The third kappa shape index (κ3) is 3.92. The highest BCUT2D eigenvalue weighted by Crippen LogP contribution is 2.17. The zero-order valence-electron chi connectivity index (χ0n) is 10.7. The monoisotopic (exact) mass is 267 g/mol. The summed E-state index contributed by atoms with van der Waals surface area (Å²) in [7, 11) is 0. The molecule has 0 radical (unpaired) electrons. The maximum absolute atomic E-state index is 13.4. The minimum Gasteiger partial charge on any atom is -0.508 e. The van der Waals surface area contributed by atoms with E-state index < -0.39 is 11.7 Å². The molecule has 1 aliphatic heterocycles. The van der Waals surface area contributed by atoms with Gasteiger partial charge in [-0.1, -0.05) is 0 Å². The molecule has 2 N–H and O–H groups in total. The Labute approximate surface area is 111 Å². The first-order chi connectivity index (χ1) is 9.16. The molecule has 1 amide bonds. The maximum Gasteiger partial charge on any atom is 0.254 e. The minimum atomic E-state index is -0.710. The summed E-state index contributed by atoms with van der Waals surface area (Å²) in [6, 6.07) is 3.51. The summed E-state index contributed by atoms with van der Waals surface area (Å²) in [6.07, 6.45) is 3.01. The number of nitrogens with one attached hydrogen (secondary N) is 1. The summed E-state index contributed by atoms with van der Waals surface area (Å²) < 4.78 is 18.8. The number of phenols is 1. The van der Waals surface area contributed by atoms with Gasteiger partial charge in [0.25, 0.3) is 5.91 Å². The number of amides is 1. The van der Waals surface area contributed by atoms with E-state index in [0.29, 0.717) is 12.5 Å². The topological polar surface area (TPSA) is 58.6 Å². The van der Waals surface area contributed by atoms with Gasteiger partial charge in [0.2, 0.25) is 0 Å². The Balaban J connectivity index is 1.80. The summed E-state index contributed by atoms with van der Waals surface area (Å²) in [4.78, 5) is 11.8. The van der Waals surface area contributed by atoms with Crippen LogP contribution in [-0.2, 0) is 4.74 Å². The van der Waals surface area contributed by atoms with Crippen molar-refractivity contribution >= 4 is 5.91 Å².